The fraction of sp³-hybridized carbons (Fsp3) is 0.909. The number of nitrogens with two attached hydrogens (primary N) is 1. The number of carbonyl (C=O) groups is 1. The zero-order valence-electron chi connectivity index (χ0n) is 10.1. The molecule has 0 aliphatic carbocycles. The molecule has 0 saturated carbocycles. The normalized spacial score (nSPS) is 24.2. The van der Waals surface area contributed by atoms with Gasteiger partial charge in [0.25, 0.3) is 0 Å². The highest BCUT2D eigenvalue weighted by Gasteiger charge is 2.32. The van der Waals surface area contributed by atoms with Crippen molar-refractivity contribution in [3.05, 3.63) is 0 Å². The number of amides is 1. The molecule has 1 rings (SSSR count). The molecule has 1 heterocycles. The summed E-state index contributed by atoms with van der Waals surface area (Å²) in [7, 11) is 0. The molecule has 1 saturated heterocycles. The summed E-state index contributed by atoms with van der Waals surface area (Å²) in [5.74, 6) is -0.375. The highest BCUT2D eigenvalue weighted by molar-refractivity contribution is 5.84. The first-order valence-electron chi connectivity index (χ1n) is 5.83. The Hall–Kier alpha value is -0.650. The van der Waals surface area contributed by atoms with Gasteiger partial charge < -0.3 is 20.5 Å². The maximum absolute atomic E-state index is 11.4. The monoisotopic (exact) mass is 230 g/mol. The molecule has 0 aromatic heterocycles. The minimum atomic E-state index is -0.779. The summed E-state index contributed by atoms with van der Waals surface area (Å²) in [6, 6.07) is 0. The van der Waals surface area contributed by atoms with Gasteiger partial charge in [-0.05, 0) is 26.3 Å². The summed E-state index contributed by atoms with van der Waals surface area (Å²) < 4.78 is 10.8. The van der Waals surface area contributed by atoms with Gasteiger partial charge in [-0.2, -0.15) is 0 Å². The molecule has 0 aromatic rings. The van der Waals surface area contributed by atoms with E-state index < -0.39 is 5.54 Å². The van der Waals surface area contributed by atoms with Crippen LogP contribution in [0.15, 0.2) is 0 Å². The molecule has 1 fully saturated rings. The Morgan fingerprint density at radius 2 is 2.44 bits per heavy atom. The predicted molar refractivity (Wildman–Crippen MR) is 61.1 cm³/mol. The highest BCUT2D eigenvalue weighted by atomic mass is 16.5. The molecule has 0 radical (unpaired) electrons. The molecular weight excluding hydrogens is 208 g/mol. The first kappa shape index (κ1) is 13.4. The second kappa shape index (κ2) is 6.18. The topological polar surface area (TPSA) is 73.6 Å². The molecule has 1 aliphatic rings. The highest BCUT2D eigenvalue weighted by Crippen LogP contribution is 2.12. The van der Waals surface area contributed by atoms with Crippen molar-refractivity contribution in [2.24, 2.45) is 5.73 Å². The maximum atomic E-state index is 11.4. The van der Waals surface area contributed by atoms with Crippen LogP contribution in [0.2, 0.25) is 0 Å². The minimum absolute atomic E-state index is 0.0992. The Morgan fingerprint density at radius 1 is 1.69 bits per heavy atom. The molecule has 16 heavy (non-hydrogen) atoms. The van der Waals surface area contributed by atoms with Gasteiger partial charge in [0.05, 0.1) is 19.3 Å². The van der Waals surface area contributed by atoms with Crippen molar-refractivity contribution in [1.29, 1.82) is 0 Å². The SMILES string of the molecule is CCCNC(C)(COC1CCOC1)C(N)=O. The minimum Gasteiger partial charge on any atom is -0.379 e. The van der Waals surface area contributed by atoms with Crippen molar-refractivity contribution >= 4 is 5.91 Å². The van der Waals surface area contributed by atoms with E-state index in [0.29, 0.717) is 13.2 Å². The van der Waals surface area contributed by atoms with Crippen LogP contribution in [0.3, 0.4) is 0 Å². The van der Waals surface area contributed by atoms with Crippen molar-refractivity contribution < 1.29 is 14.3 Å². The van der Waals surface area contributed by atoms with Crippen LogP contribution < -0.4 is 11.1 Å². The van der Waals surface area contributed by atoms with E-state index in [1.807, 2.05) is 6.92 Å². The van der Waals surface area contributed by atoms with Crippen LogP contribution in [0.25, 0.3) is 0 Å². The van der Waals surface area contributed by atoms with Crippen LogP contribution in [-0.2, 0) is 14.3 Å². The maximum Gasteiger partial charge on any atom is 0.239 e. The lowest BCUT2D eigenvalue weighted by Gasteiger charge is -2.28. The Bertz CT molecular complexity index is 229. The lowest BCUT2D eigenvalue weighted by Crippen LogP contribution is -2.57. The van der Waals surface area contributed by atoms with Gasteiger partial charge in [-0.25, -0.2) is 0 Å². The Morgan fingerprint density at radius 3 is 2.94 bits per heavy atom. The fourth-order valence-electron chi connectivity index (χ4n) is 1.54. The van der Waals surface area contributed by atoms with E-state index in [4.69, 9.17) is 15.2 Å². The van der Waals surface area contributed by atoms with Gasteiger partial charge in [0.15, 0.2) is 0 Å². The van der Waals surface area contributed by atoms with Gasteiger partial charge in [-0.3, -0.25) is 4.79 Å². The molecule has 2 atom stereocenters. The Balaban J connectivity index is 2.39. The fourth-order valence-corrected chi connectivity index (χ4v) is 1.54. The van der Waals surface area contributed by atoms with E-state index in [0.717, 1.165) is 26.0 Å². The summed E-state index contributed by atoms with van der Waals surface area (Å²) in [5.41, 5.74) is 4.60. The number of hydrogen-bond acceptors (Lipinski definition) is 4. The van der Waals surface area contributed by atoms with Crippen LogP contribution in [0.5, 0.6) is 0 Å². The summed E-state index contributed by atoms with van der Waals surface area (Å²) in [6.45, 7) is 6.23. The lowest BCUT2D eigenvalue weighted by atomic mass is 10.0. The largest absolute Gasteiger partial charge is 0.379 e. The molecule has 1 amide bonds. The average molecular weight is 230 g/mol. The van der Waals surface area contributed by atoms with Crippen molar-refractivity contribution in [3.63, 3.8) is 0 Å². The molecule has 0 spiro atoms. The number of rotatable bonds is 7. The van der Waals surface area contributed by atoms with Crippen molar-refractivity contribution in [2.75, 3.05) is 26.4 Å². The smallest absolute Gasteiger partial charge is 0.239 e. The first-order chi connectivity index (χ1) is 7.58. The van der Waals surface area contributed by atoms with Gasteiger partial charge in [0, 0.05) is 6.61 Å². The summed E-state index contributed by atoms with van der Waals surface area (Å²) >= 11 is 0. The van der Waals surface area contributed by atoms with Crippen LogP contribution in [0.4, 0.5) is 0 Å². The van der Waals surface area contributed by atoms with E-state index in [2.05, 4.69) is 5.32 Å². The Kier molecular flexibility index (Phi) is 5.18. The molecule has 2 unspecified atom stereocenters. The number of ether oxygens (including phenoxy) is 2. The van der Waals surface area contributed by atoms with Crippen LogP contribution >= 0.6 is 0 Å². The second-order valence-electron chi connectivity index (χ2n) is 4.42. The van der Waals surface area contributed by atoms with Gasteiger partial charge in [-0.1, -0.05) is 6.92 Å². The number of nitrogens with one attached hydrogen (secondary N) is 1. The van der Waals surface area contributed by atoms with Crippen LogP contribution in [0, 0.1) is 0 Å². The second-order valence-corrected chi connectivity index (χ2v) is 4.42. The summed E-state index contributed by atoms with van der Waals surface area (Å²) in [5, 5.41) is 3.13. The number of hydrogen-bond donors (Lipinski definition) is 2. The van der Waals surface area contributed by atoms with Crippen molar-refractivity contribution in [1.82, 2.24) is 5.32 Å². The van der Waals surface area contributed by atoms with Crippen LogP contribution in [-0.4, -0.2) is 43.9 Å². The molecule has 5 nitrogen and oxygen atoms in total. The van der Waals surface area contributed by atoms with E-state index in [1.165, 1.54) is 0 Å². The lowest BCUT2D eigenvalue weighted by molar-refractivity contribution is -0.127. The molecule has 0 aromatic carbocycles. The van der Waals surface area contributed by atoms with E-state index >= 15 is 0 Å². The predicted octanol–water partition coefficient (Wildman–Crippen LogP) is 0.0355. The first-order valence-corrected chi connectivity index (χ1v) is 5.83. The third-order valence-electron chi connectivity index (χ3n) is 2.80. The quantitative estimate of drug-likeness (QED) is 0.647. The van der Waals surface area contributed by atoms with Crippen molar-refractivity contribution in [2.45, 2.75) is 38.3 Å². The zero-order valence-corrected chi connectivity index (χ0v) is 10.1. The van der Waals surface area contributed by atoms with E-state index in [9.17, 15) is 4.79 Å². The van der Waals surface area contributed by atoms with Gasteiger partial charge in [0.2, 0.25) is 5.91 Å². The van der Waals surface area contributed by atoms with Crippen molar-refractivity contribution in [3.8, 4) is 0 Å². The standard InChI is InChI=1S/C11H22N2O3/c1-3-5-13-11(2,10(12)14)8-16-9-4-6-15-7-9/h9,13H,3-8H2,1-2H3,(H2,12,14). The zero-order chi connectivity index (χ0) is 12.0. The third-order valence-corrected chi connectivity index (χ3v) is 2.80. The van der Waals surface area contributed by atoms with Crippen LogP contribution in [0.1, 0.15) is 26.7 Å². The molecular formula is C11H22N2O3. The summed E-state index contributed by atoms with van der Waals surface area (Å²) in [4.78, 5) is 11.4. The Labute approximate surface area is 96.7 Å². The molecule has 1 aliphatic heterocycles. The van der Waals surface area contributed by atoms with Gasteiger partial charge in [-0.15, -0.1) is 0 Å². The molecule has 0 bridgehead atoms. The number of carbonyl (C=O) groups excluding carboxylic acids is 1. The van der Waals surface area contributed by atoms with E-state index in [1.54, 1.807) is 6.92 Å². The molecule has 94 valence electrons. The number of primary amides is 1. The summed E-state index contributed by atoms with van der Waals surface area (Å²) in [6.07, 6.45) is 1.94. The van der Waals surface area contributed by atoms with Gasteiger partial charge in [0.1, 0.15) is 5.54 Å². The average Bonchev–Trinajstić information content (AvgIpc) is 2.76. The molecule has 5 heteroatoms. The van der Waals surface area contributed by atoms with Gasteiger partial charge >= 0.3 is 0 Å². The van der Waals surface area contributed by atoms with E-state index in [-0.39, 0.29) is 12.0 Å². The third kappa shape index (κ3) is 3.73. The molecule has 3 N–H and O–H groups in total.